The van der Waals surface area contributed by atoms with Gasteiger partial charge in [-0.2, -0.15) is 15.5 Å². The molecule has 0 fully saturated rings. The van der Waals surface area contributed by atoms with Gasteiger partial charge in [-0.15, -0.1) is 0 Å². The van der Waals surface area contributed by atoms with E-state index in [-0.39, 0.29) is 0 Å². The summed E-state index contributed by atoms with van der Waals surface area (Å²) in [5, 5.41) is 16.5. The minimum Gasteiger partial charge on any atom is -0.327 e. The quantitative estimate of drug-likeness (QED) is 0.646. The van der Waals surface area contributed by atoms with Crippen LogP contribution < -0.4 is 0 Å². The molecule has 0 aliphatic carbocycles. The number of hydrogen-bond donors (Lipinski definition) is 0. The molecule has 0 N–H and O–H groups in total. The molecule has 0 amide bonds. The lowest BCUT2D eigenvalue weighted by Crippen LogP contribution is -1.93. The van der Waals surface area contributed by atoms with Gasteiger partial charge in [0.25, 0.3) is 0 Å². The Kier molecular flexibility index (Phi) is 2.27. The molecule has 0 aliphatic rings. The van der Waals surface area contributed by atoms with Crippen molar-refractivity contribution in [2.24, 2.45) is 7.05 Å². The number of imidazole rings is 1. The molecule has 5 heteroatoms. The fraction of sp³-hybridized carbons (Fsp3) is 0.0769. The lowest BCUT2D eigenvalue weighted by Gasteiger charge is -2.00. The molecule has 0 atom stereocenters. The van der Waals surface area contributed by atoms with Crippen molar-refractivity contribution in [3.8, 4) is 17.5 Å². The molecule has 0 radical (unpaired) electrons. The van der Waals surface area contributed by atoms with Gasteiger partial charge in [-0.3, -0.25) is 0 Å². The van der Waals surface area contributed by atoms with Gasteiger partial charge in [0.15, 0.2) is 0 Å². The standard InChI is InChI=1S/C13H9N5/c1-18-12-3-2-9(7-14)6-11(12)17-13(18)10-4-5-15-16-8-10/h2-6,8H,1H3. The van der Waals surface area contributed by atoms with Crippen LogP contribution in [0.15, 0.2) is 36.7 Å². The van der Waals surface area contributed by atoms with Gasteiger partial charge in [-0.1, -0.05) is 0 Å². The molecule has 0 aliphatic heterocycles. The maximum Gasteiger partial charge on any atom is 0.142 e. The number of aryl methyl sites for hydroxylation is 1. The van der Waals surface area contributed by atoms with Gasteiger partial charge < -0.3 is 4.57 Å². The molecular weight excluding hydrogens is 226 g/mol. The Morgan fingerprint density at radius 1 is 1.22 bits per heavy atom. The molecule has 0 saturated carbocycles. The van der Waals surface area contributed by atoms with Crippen LogP contribution in [0.5, 0.6) is 0 Å². The van der Waals surface area contributed by atoms with E-state index >= 15 is 0 Å². The minimum atomic E-state index is 0.611. The molecule has 1 aromatic carbocycles. The summed E-state index contributed by atoms with van der Waals surface area (Å²) in [4.78, 5) is 4.54. The van der Waals surface area contributed by atoms with Crippen LogP contribution in [0.2, 0.25) is 0 Å². The first-order chi connectivity index (χ1) is 8.79. The molecule has 0 bridgehead atoms. The van der Waals surface area contributed by atoms with Crippen LogP contribution in [0.4, 0.5) is 0 Å². The summed E-state index contributed by atoms with van der Waals surface area (Å²) in [6, 6.07) is 9.45. The normalized spacial score (nSPS) is 10.4. The van der Waals surface area contributed by atoms with Gasteiger partial charge in [0.1, 0.15) is 5.82 Å². The second-order valence-electron chi connectivity index (χ2n) is 3.94. The molecular formula is C13H9N5. The lowest BCUT2D eigenvalue weighted by atomic mass is 10.2. The number of benzene rings is 1. The summed E-state index contributed by atoms with van der Waals surface area (Å²) in [6.45, 7) is 0. The Bertz CT molecular complexity index is 752. The van der Waals surface area contributed by atoms with Crippen molar-refractivity contribution < 1.29 is 0 Å². The summed E-state index contributed by atoms with van der Waals surface area (Å²) >= 11 is 0. The van der Waals surface area contributed by atoms with E-state index in [9.17, 15) is 0 Å². The van der Waals surface area contributed by atoms with Gasteiger partial charge >= 0.3 is 0 Å². The van der Waals surface area contributed by atoms with Crippen molar-refractivity contribution in [1.29, 1.82) is 5.26 Å². The highest BCUT2D eigenvalue weighted by Gasteiger charge is 2.10. The van der Waals surface area contributed by atoms with Crippen LogP contribution in [0.1, 0.15) is 5.56 Å². The maximum atomic E-state index is 8.89. The van der Waals surface area contributed by atoms with E-state index in [0.29, 0.717) is 5.56 Å². The minimum absolute atomic E-state index is 0.611. The largest absolute Gasteiger partial charge is 0.327 e. The SMILES string of the molecule is Cn1c(-c2ccnnc2)nc2cc(C#N)ccc21. The van der Waals surface area contributed by atoms with Gasteiger partial charge in [0.05, 0.1) is 35.1 Å². The van der Waals surface area contributed by atoms with E-state index in [1.165, 1.54) is 0 Å². The van der Waals surface area contributed by atoms with Crippen LogP contribution >= 0.6 is 0 Å². The van der Waals surface area contributed by atoms with Crippen molar-refractivity contribution in [3.05, 3.63) is 42.2 Å². The summed E-state index contributed by atoms with van der Waals surface area (Å²) < 4.78 is 1.98. The Labute approximate surface area is 103 Å². The second kappa shape index (κ2) is 3.93. The molecule has 0 unspecified atom stereocenters. The lowest BCUT2D eigenvalue weighted by molar-refractivity contribution is 0.949. The summed E-state index contributed by atoms with van der Waals surface area (Å²) in [5.74, 6) is 0.815. The third kappa shape index (κ3) is 1.52. The summed E-state index contributed by atoms with van der Waals surface area (Å²) in [7, 11) is 1.94. The first-order valence-electron chi connectivity index (χ1n) is 5.43. The van der Waals surface area contributed by atoms with Crippen molar-refractivity contribution in [1.82, 2.24) is 19.7 Å². The zero-order valence-corrected chi connectivity index (χ0v) is 9.70. The van der Waals surface area contributed by atoms with Gasteiger partial charge in [0.2, 0.25) is 0 Å². The topological polar surface area (TPSA) is 67.4 Å². The number of fused-ring (bicyclic) bond motifs is 1. The molecule has 2 aromatic heterocycles. The number of aromatic nitrogens is 4. The van der Waals surface area contributed by atoms with Crippen molar-refractivity contribution >= 4 is 11.0 Å². The molecule has 0 spiro atoms. The number of hydrogen-bond acceptors (Lipinski definition) is 4. The fourth-order valence-corrected chi connectivity index (χ4v) is 1.95. The first kappa shape index (κ1) is 10.4. The average Bonchev–Trinajstić information content (AvgIpc) is 2.76. The Morgan fingerprint density at radius 2 is 2.11 bits per heavy atom. The molecule has 5 nitrogen and oxygen atoms in total. The highest BCUT2D eigenvalue weighted by Crippen LogP contribution is 2.23. The van der Waals surface area contributed by atoms with Crippen LogP contribution in [0, 0.1) is 11.3 Å². The van der Waals surface area contributed by atoms with Crippen molar-refractivity contribution in [2.45, 2.75) is 0 Å². The van der Waals surface area contributed by atoms with Crippen LogP contribution in [-0.4, -0.2) is 19.7 Å². The van der Waals surface area contributed by atoms with Gasteiger partial charge in [-0.25, -0.2) is 4.98 Å². The highest BCUT2D eigenvalue weighted by atomic mass is 15.1. The predicted molar refractivity (Wildman–Crippen MR) is 66.5 cm³/mol. The number of nitrogens with zero attached hydrogens (tertiary/aromatic N) is 5. The first-order valence-corrected chi connectivity index (χ1v) is 5.43. The average molecular weight is 235 g/mol. The van der Waals surface area contributed by atoms with E-state index in [0.717, 1.165) is 22.4 Å². The third-order valence-corrected chi connectivity index (χ3v) is 2.85. The summed E-state index contributed by atoms with van der Waals surface area (Å²) in [6.07, 6.45) is 3.31. The fourth-order valence-electron chi connectivity index (χ4n) is 1.95. The molecule has 86 valence electrons. The highest BCUT2D eigenvalue weighted by molar-refractivity contribution is 5.81. The van der Waals surface area contributed by atoms with E-state index < -0.39 is 0 Å². The van der Waals surface area contributed by atoms with Crippen LogP contribution in [0.25, 0.3) is 22.4 Å². The molecule has 18 heavy (non-hydrogen) atoms. The van der Waals surface area contributed by atoms with Crippen molar-refractivity contribution in [3.63, 3.8) is 0 Å². The monoisotopic (exact) mass is 235 g/mol. The van der Waals surface area contributed by atoms with E-state index in [1.807, 2.05) is 23.7 Å². The smallest absolute Gasteiger partial charge is 0.142 e. The number of rotatable bonds is 1. The zero-order valence-electron chi connectivity index (χ0n) is 9.70. The van der Waals surface area contributed by atoms with Crippen molar-refractivity contribution in [2.75, 3.05) is 0 Å². The molecule has 3 rings (SSSR count). The molecule has 3 aromatic rings. The van der Waals surface area contributed by atoms with Gasteiger partial charge in [0, 0.05) is 12.6 Å². The zero-order chi connectivity index (χ0) is 12.5. The van der Waals surface area contributed by atoms with Gasteiger partial charge in [-0.05, 0) is 24.3 Å². The van der Waals surface area contributed by atoms with Crippen LogP contribution in [-0.2, 0) is 7.05 Å². The van der Waals surface area contributed by atoms with E-state index in [1.54, 1.807) is 24.5 Å². The third-order valence-electron chi connectivity index (χ3n) is 2.85. The molecule has 2 heterocycles. The molecule has 0 saturated heterocycles. The number of nitriles is 1. The van der Waals surface area contributed by atoms with Crippen LogP contribution in [0.3, 0.4) is 0 Å². The van der Waals surface area contributed by atoms with E-state index in [2.05, 4.69) is 21.3 Å². The van der Waals surface area contributed by atoms with E-state index in [4.69, 9.17) is 5.26 Å². The Hall–Kier alpha value is -2.74. The maximum absolute atomic E-state index is 8.89. The Morgan fingerprint density at radius 3 is 2.83 bits per heavy atom. The Balaban J connectivity index is 2.27. The second-order valence-corrected chi connectivity index (χ2v) is 3.94. The predicted octanol–water partition coefficient (Wildman–Crippen LogP) is 1.90. The summed E-state index contributed by atoms with van der Waals surface area (Å²) in [5.41, 5.74) is 3.31.